The second-order valence-corrected chi connectivity index (χ2v) is 7.68. The van der Waals surface area contributed by atoms with Crippen molar-refractivity contribution >= 4 is 22.7 Å². The summed E-state index contributed by atoms with van der Waals surface area (Å²) in [5.41, 5.74) is 2.97. The molecule has 5 heteroatoms. The number of amides is 1. The van der Waals surface area contributed by atoms with Gasteiger partial charge in [-0.15, -0.1) is 0 Å². The van der Waals surface area contributed by atoms with Crippen molar-refractivity contribution in [3.8, 4) is 0 Å². The van der Waals surface area contributed by atoms with E-state index in [2.05, 4.69) is 22.1 Å². The van der Waals surface area contributed by atoms with Crippen LogP contribution < -0.4 is 0 Å². The van der Waals surface area contributed by atoms with Crippen LogP contribution in [0.1, 0.15) is 45.6 Å². The Morgan fingerprint density at radius 3 is 2.96 bits per heavy atom. The van der Waals surface area contributed by atoms with Crippen LogP contribution in [-0.4, -0.2) is 38.6 Å². The largest absolute Gasteiger partial charge is 0.444 e. The van der Waals surface area contributed by atoms with Crippen LogP contribution in [0.5, 0.6) is 0 Å². The molecule has 0 aliphatic carbocycles. The topological polar surface area (TPSA) is 58.2 Å². The normalized spacial score (nSPS) is 23.5. The van der Waals surface area contributed by atoms with Gasteiger partial charge in [-0.25, -0.2) is 9.78 Å². The van der Waals surface area contributed by atoms with E-state index in [1.807, 2.05) is 37.9 Å². The molecule has 0 aromatic carbocycles. The molecule has 1 fully saturated rings. The summed E-state index contributed by atoms with van der Waals surface area (Å²) in [4.78, 5) is 22.1. The van der Waals surface area contributed by atoms with Crippen molar-refractivity contribution in [1.29, 1.82) is 0 Å². The van der Waals surface area contributed by atoms with E-state index in [-0.39, 0.29) is 18.2 Å². The van der Waals surface area contributed by atoms with Gasteiger partial charge in [0.05, 0.1) is 6.04 Å². The molecule has 2 aromatic heterocycles. The maximum Gasteiger partial charge on any atom is 0.411 e. The molecule has 0 spiro atoms. The monoisotopic (exact) mass is 325 g/mol. The Hall–Kier alpha value is -2.30. The first-order valence-corrected chi connectivity index (χ1v) is 8.57. The first-order chi connectivity index (χ1) is 11.4. The van der Waals surface area contributed by atoms with E-state index < -0.39 is 5.60 Å². The number of nitrogens with zero attached hydrogens (tertiary/aromatic N) is 2. The maximum atomic E-state index is 12.5. The maximum absolute atomic E-state index is 12.5. The van der Waals surface area contributed by atoms with Gasteiger partial charge in [-0.1, -0.05) is 6.08 Å². The molecule has 4 rings (SSSR count). The molecule has 1 saturated heterocycles. The third-order valence-electron chi connectivity index (χ3n) is 4.80. The lowest BCUT2D eigenvalue weighted by Gasteiger charge is -2.35. The summed E-state index contributed by atoms with van der Waals surface area (Å²) in [6.07, 6.45) is 8.79. The first kappa shape index (κ1) is 15.2. The number of aromatic nitrogens is 2. The van der Waals surface area contributed by atoms with Gasteiger partial charge in [-0.3, -0.25) is 4.90 Å². The Morgan fingerprint density at radius 1 is 1.38 bits per heavy atom. The Kier molecular flexibility index (Phi) is 3.41. The molecule has 2 bridgehead atoms. The van der Waals surface area contributed by atoms with E-state index in [0.717, 1.165) is 30.3 Å². The summed E-state index contributed by atoms with van der Waals surface area (Å²) in [5, 5.41) is 1.15. The van der Waals surface area contributed by atoms with Gasteiger partial charge in [0.1, 0.15) is 11.2 Å². The molecular formula is C19H23N3O2. The first-order valence-electron chi connectivity index (χ1n) is 8.57. The lowest BCUT2D eigenvalue weighted by Crippen LogP contribution is -2.45. The van der Waals surface area contributed by atoms with Crippen molar-refractivity contribution < 1.29 is 9.53 Å². The molecule has 126 valence electrons. The summed E-state index contributed by atoms with van der Waals surface area (Å²) in [6.45, 7) is 5.74. The van der Waals surface area contributed by atoms with Crippen LogP contribution in [0.15, 0.2) is 30.6 Å². The van der Waals surface area contributed by atoms with E-state index in [1.165, 1.54) is 11.1 Å². The number of pyridine rings is 1. The lowest BCUT2D eigenvalue weighted by molar-refractivity contribution is 0.0175. The van der Waals surface area contributed by atoms with E-state index >= 15 is 0 Å². The van der Waals surface area contributed by atoms with E-state index in [4.69, 9.17) is 4.74 Å². The minimum absolute atomic E-state index is 0.134. The highest BCUT2D eigenvalue weighted by molar-refractivity contribution is 5.91. The zero-order valence-electron chi connectivity index (χ0n) is 14.4. The van der Waals surface area contributed by atoms with Crippen molar-refractivity contribution in [3.63, 3.8) is 0 Å². The number of fused-ring (bicyclic) bond motifs is 3. The fourth-order valence-electron chi connectivity index (χ4n) is 3.85. The molecule has 1 N–H and O–H groups in total. The number of carbonyl (C=O) groups is 1. The summed E-state index contributed by atoms with van der Waals surface area (Å²) in [5.74, 6) is 0. The van der Waals surface area contributed by atoms with Crippen molar-refractivity contribution in [2.75, 3.05) is 0 Å². The fraction of sp³-hybridized carbons (Fsp3) is 0.474. The predicted octanol–water partition coefficient (Wildman–Crippen LogP) is 4.12. The van der Waals surface area contributed by atoms with Gasteiger partial charge >= 0.3 is 6.09 Å². The van der Waals surface area contributed by atoms with Gasteiger partial charge in [-0.2, -0.15) is 0 Å². The molecule has 4 heterocycles. The highest BCUT2D eigenvalue weighted by atomic mass is 16.6. The number of hydrogen-bond acceptors (Lipinski definition) is 3. The molecule has 24 heavy (non-hydrogen) atoms. The zero-order chi connectivity index (χ0) is 16.9. The Morgan fingerprint density at radius 2 is 2.21 bits per heavy atom. The standard InChI is InChI=1S/C19H23N3O2/c1-19(2,3)24-18(23)22-13-6-7-14(22)10-12(9-13)16-11-21-17-15(16)5-4-8-20-17/h4-5,8-9,11,13-14H,6-7,10H2,1-3H3,(H,20,21). The minimum atomic E-state index is -0.455. The predicted molar refractivity (Wildman–Crippen MR) is 93.6 cm³/mol. The SMILES string of the molecule is CC(C)(C)OC(=O)N1C2C=C(c3c[nH]c4ncccc34)CC1CC2. The number of hydrogen-bond donors (Lipinski definition) is 1. The van der Waals surface area contributed by atoms with Crippen molar-refractivity contribution in [2.24, 2.45) is 0 Å². The minimum Gasteiger partial charge on any atom is -0.444 e. The molecule has 2 aliphatic rings. The van der Waals surface area contributed by atoms with Crippen LogP contribution in [-0.2, 0) is 4.74 Å². The van der Waals surface area contributed by atoms with Gasteiger partial charge < -0.3 is 9.72 Å². The Labute approximate surface area is 141 Å². The highest BCUT2D eigenvalue weighted by Crippen LogP contribution is 2.40. The molecule has 1 amide bonds. The quantitative estimate of drug-likeness (QED) is 0.858. The molecule has 2 aliphatic heterocycles. The highest BCUT2D eigenvalue weighted by Gasteiger charge is 2.41. The number of nitrogens with one attached hydrogen (secondary N) is 1. The summed E-state index contributed by atoms with van der Waals surface area (Å²) >= 11 is 0. The fourth-order valence-corrected chi connectivity index (χ4v) is 3.85. The van der Waals surface area contributed by atoms with Crippen molar-refractivity contribution in [3.05, 3.63) is 36.2 Å². The van der Waals surface area contributed by atoms with Crippen LogP contribution >= 0.6 is 0 Å². The summed E-state index contributed by atoms with van der Waals surface area (Å²) in [7, 11) is 0. The summed E-state index contributed by atoms with van der Waals surface area (Å²) in [6, 6.07) is 4.42. The van der Waals surface area contributed by atoms with Crippen LogP contribution in [0, 0.1) is 0 Å². The van der Waals surface area contributed by atoms with Crippen molar-refractivity contribution in [2.45, 2.75) is 57.7 Å². The molecule has 0 radical (unpaired) electrons. The van der Waals surface area contributed by atoms with E-state index in [1.54, 1.807) is 6.20 Å². The second kappa shape index (κ2) is 5.36. The van der Waals surface area contributed by atoms with Gasteiger partial charge in [0.15, 0.2) is 0 Å². The second-order valence-electron chi connectivity index (χ2n) is 7.68. The van der Waals surface area contributed by atoms with E-state index in [0.29, 0.717) is 0 Å². The molecule has 2 aromatic rings. The lowest BCUT2D eigenvalue weighted by atomic mass is 9.95. The Balaban J connectivity index is 1.63. The van der Waals surface area contributed by atoms with Gasteiger partial charge in [0.25, 0.3) is 0 Å². The molecule has 5 nitrogen and oxygen atoms in total. The molecule has 2 unspecified atom stereocenters. The Bertz CT molecular complexity index is 815. The van der Waals surface area contributed by atoms with Crippen LogP contribution in [0.2, 0.25) is 0 Å². The van der Waals surface area contributed by atoms with Gasteiger partial charge in [0.2, 0.25) is 0 Å². The number of ether oxygens (including phenoxy) is 1. The molecule has 2 atom stereocenters. The molecular weight excluding hydrogens is 302 g/mol. The number of aromatic amines is 1. The average Bonchev–Trinajstić information content (AvgIpc) is 3.05. The van der Waals surface area contributed by atoms with Crippen LogP contribution in [0.4, 0.5) is 4.79 Å². The number of rotatable bonds is 1. The van der Waals surface area contributed by atoms with Gasteiger partial charge in [-0.05, 0) is 57.7 Å². The number of H-pyrrole nitrogens is 1. The van der Waals surface area contributed by atoms with Crippen LogP contribution in [0.3, 0.4) is 0 Å². The molecule has 0 saturated carbocycles. The zero-order valence-corrected chi connectivity index (χ0v) is 14.4. The smallest absolute Gasteiger partial charge is 0.411 e. The third kappa shape index (κ3) is 2.58. The third-order valence-corrected chi connectivity index (χ3v) is 4.80. The van der Waals surface area contributed by atoms with E-state index in [9.17, 15) is 4.79 Å². The average molecular weight is 325 g/mol. The van der Waals surface area contributed by atoms with Crippen LogP contribution in [0.25, 0.3) is 16.6 Å². The van der Waals surface area contributed by atoms with Gasteiger partial charge in [0, 0.05) is 29.4 Å². The van der Waals surface area contributed by atoms with Crippen molar-refractivity contribution in [1.82, 2.24) is 14.9 Å². The summed E-state index contributed by atoms with van der Waals surface area (Å²) < 4.78 is 5.60. The number of carbonyl (C=O) groups excluding carboxylic acids is 1.